The number of benzene rings is 1. The van der Waals surface area contributed by atoms with Gasteiger partial charge in [-0.3, -0.25) is 4.79 Å². The summed E-state index contributed by atoms with van der Waals surface area (Å²) in [5, 5.41) is 0. The Labute approximate surface area is 125 Å². The van der Waals surface area contributed by atoms with Gasteiger partial charge in [0.15, 0.2) is 0 Å². The van der Waals surface area contributed by atoms with Crippen LogP contribution in [0.15, 0.2) is 24.3 Å². The van der Waals surface area contributed by atoms with E-state index in [0.29, 0.717) is 13.0 Å². The van der Waals surface area contributed by atoms with Crippen molar-refractivity contribution in [1.29, 1.82) is 0 Å². The Hall–Kier alpha value is -1.36. The summed E-state index contributed by atoms with van der Waals surface area (Å²) in [4.78, 5) is 12.7. The molecule has 0 bridgehead atoms. The van der Waals surface area contributed by atoms with Gasteiger partial charge >= 0.3 is 0 Å². The lowest BCUT2D eigenvalue weighted by molar-refractivity contribution is -0.128. The molecule has 1 saturated carbocycles. The van der Waals surface area contributed by atoms with Crippen LogP contribution >= 0.6 is 0 Å². The highest BCUT2D eigenvalue weighted by molar-refractivity contribution is 7.89. The number of carbonyl (C=O) groups excluding carboxylic acids is 1. The third-order valence-electron chi connectivity index (χ3n) is 5.34. The molecule has 4 rings (SSSR count). The third-order valence-corrected chi connectivity index (χ3v) is 7.18. The van der Waals surface area contributed by atoms with Gasteiger partial charge in [0.1, 0.15) is 0 Å². The molecule has 0 unspecified atom stereocenters. The van der Waals surface area contributed by atoms with E-state index in [0.717, 1.165) is 30.0 Å². The van der Waals surface area contributed by atoms with Crippen molar-refractivity contribution in [3.05, 3.63) is 35.4 Å². The van der Waals surface area contributed by atoms with Gasteiger partial charge in [-0.15, -0.1) is 0 Å². The first-order valence-corrected chi connectivity index (χ1v) is 9.28. The number of rotatable bonds is 1. The van der Waals surface area contributed by atoms with E-state index >= 15 is 0 Å². The van der Waals surface area contributed by atoms with Crippen LogP contribution in [0, 0.1) is 5.92 Å². The molecule has 21 heavy (non-hydrogen) atoms. The van der Waals surface area contributed by atoms with Gasteiger partial charge in [-0.2, -0.15) is 0 Å². The molecule has 1 spiro atoms. The Morgan fingerprint density at radius 3 is 2.81 bits per heavy atom. The molecular formula is C16H19NO3S. The van der Waals surface area contributed by atoms with Gasteiger partial charge in [-0.25, -0.2) is 12.7 Å². The molecule has 2 fully saturated rings. The van der Waals surface area contributed by atoms with Gasteiger partial charge in [-0.1, -0.05) is 24.3 Å². The summed E-state index contributed by atoms with van der Waals surface area (Å²) >= 11 is 0. The van der Waals surface area contributed by atoms with Gasteiger partial charge in [0.05, 0.1) is 5.75 Å². The minimum Gasteiger partial charge on any atom is -0.273 e. The quantitative estimate of drug-likeness (QED) is 0.795. The average molecular weight is 305 g/mol. The third kappa shape index (κ3) is 1.86. The molecule has 5 heteroatoms. The van der Waals surface area contributed by atoms with Crippen LogP contribution < -0.4 is 0 Å². The fourth-order valence-electron chi connectivity index (χ4n) is 4.22. The lowest BCUT2D eigenvalue weighted by Gasteiger charge is -2.27. The van der Waals surface area contributed by atoms with Gasteiger partial charge in [0.2, 0.25) is 15.9 Å². The van der Waals surface area contributed by atoms with E-state index in [2.05, 4.69) is 12.1 Å². The minimum absolute atomic E-state index is 0.0793. The van der Waals surface area contributed by atoms with Crippen LogP contribution in [0.25, 0.3) is 0 Å². The van der Waals surface area contributed by atoms with Crippen LogP contribution in [0.5, 0.6) is 0 Å². The summed E-state index contributed by atoms with van der Waals surface area (Å²) in [6.07, 6.45) is 4.56. The van der Waals surface area contributed by atoms with Crippen molar-refractivity contribution in [3.8, 4) is 0 Å². The Kier molecular flexibility index (Phi) is 2.74. The molecule has 1 aliphatic heterocycles. The second kappa shape index (κ2) is 4.32. The van der Waals surface area contributed by atoms with Crippen molar-refractivity contribution in [2.45, 2.75) is 37.5 Å². The molecule has 1 aromatic carbocycles. The van der Waals surface area contributed by atoms with E-state index in [9.17, 15) is 13.2 Å². The second-order valence-corrected chi connectivity index (χ2v) is 8.52. The van der Waals surface area contributed by atoms with E-state index in [-0.39, 0.29) is 23.0 Å². The molecule has 4 nitrogen and oxygen atoms in total. The number of sulfonamides is 1. The molecule has 2 atom stereocenters. The average Bonchev–Trinajstić information content (AvgIpc) is 3.07. The summed E-state index contributed by atoms with van der Waals surface area (Å²) in [5.41, 5.74) is 2.54. The number of fused-ring (bicyclic) bond motifs is 2. The van der Waals surface area contributed by atoms with Crippen LogP contribution in [0.3, 0.4) is 0 Å². The molecule has 0 radical (unpaired) electrons. The fraction of sp³-hybridized carbons (Fsp3) is 0.562. The SMILES string of the molecule is O=C([C@@H]1C[C@@]12CCCc1ccccc12)N1CCCS1(=O)=O. The van der Waals surface area contributed by atoms with Crippen molar-refractivity contribution in [2.24, 2.45) is 5.92 Å². The number of amides is 1. The molecule has 3 aliphatic rings. The summed E-state index contributed by atoms with van der Waals surface area (Å²) in [7, 11) is -3.34. The lowest BCUT2D eigenvalue weighted by Crippen LogP contribution is -2.36. The van der Waals surface area contributed by atoms with E-state index < -0.39 is 10.0 Å². The normalized spacial score (nSPS) is 33.0. The molecule has 0 N–H and O–H groups in total. The number of nitrogens with zero attached hydrogens (tertiary/aromatic N) is 1. The number of hydrogen-bond donors (Lipinski definition) is 0. The smallest absolute Gasteiger partial charge is 0.240 e. The maximum atomic E-state index is 12.7. The first kappa shape index (κ1) is 13.3. The maximum Gasteiger partial charge on any atom is 0.240 e. The largest absolute Gasteiger partial charge is 0.273 e. The predicted octanol–water partition coefficient (Wildman–Crippen LogP) is 1.84. The second-order valence-electron chi connectivity index (χ2n) is 6.50. The zero-order valence-electron chi connectivity index (χ0n) is 11.9. The van der Waals surface area contributed by atoms with Crippen LogP contribution in [0.1, 0.15) is 36.8 Å². The highest BCUT2D eigenvalue weighted by Crippen LogP contribution is 2.61. The molecule has 2 aliphatic carbocycles. The lowest BCUT2D eigenvalue weighted by atomic mass is 9.78. The Bertz CT molecular complexity index is 712. The highest BCUT2D eigenvalue weighted by Gasteiger charge is 2.62. The monoisotopic (exact) mass is 305 g/mol. The first-order valence-electron chi connectivity index (χ1n) is 7.67. The number of aryl methyl sites for hydroxylation is 1. The first-order chi connectivity index (χ1) is 10.0. The van der Waals surface area contributed by atoms with Gasteiger partial charge in [-0.05, 0) is 43.2 Å². The van der Waals surface area contributed by atoms with Crippen LogP contribution in [-0.2, 0) is 26.7 Å². The van der Waals surface area contributed by atoms with Crippen molar-refractivity contribution in [2.75, 3.05) is 12.3 Å². The van der Waals surface area contributed by atoms with E-state index in [1.165, 1.54) is 11.1 Å². The molecule has 112 valence electrons. The Morgan fingerprint density at radius 2 is 2.05 bits per heavy atom. The van der Waals surface area contributed by atoms with Crippen molar-refractivity contribution >= 4 is 15.9 Å². The standard InChI is InChI=1S/C16H19NO3S/c18-15(17-9-4-10-21(17,19)20)14-11-16(14)8-3-6-12-5-1-2-7-13(12)16/h1-2,5,7,14H,3-4,6,8-11H2/t14-,16+/m0/s1. The predicted molar refractivity (Wildman–Crippen MR) is 79.3 cm³/mol. The van der Waals surface area contributed by atoms with Gasteiger partial charge < -0.3 is 0 Å². The maximum absolute atomic E-state index is 12.7. The Balaban J connectivity index is 1.65. The van der Waals surface area contributed by atoms with Crippen molar-refractivity contribution in [3.63, 3.8) is 0 Å². The van der Waals surface area contributed by atoms with E-state index in [1.54, 1.807) is 0 Å². The zero-order valence-corrected chi connectivity index (χ0v) is 12.7. The summed E-state index contributed by atoms with van der Waals surface area (Å²) in [6, 6.07) is 8.34. The van der Waals surface area contributed by atoms with Crippen LogP contribution in [0.2, 0.25) is 0 Å². The Morgan fingerprint density at radius 1 is 1.24 bits per heavy atom. The van der Waals surface area contributed by atoms with Gasteiger partial charge in [0.25, 0.3) is 0 Å². The van der Waals surface area contributed by atoms with E-state index in [1.807, 2.05) is 12.1 Å². The number of hydrogen-bond acceptors (Lipinski definition) is 3. The zero-order chi connectivity index (χ0) is 14.7. The summed E-state index contributed by atoms with van der Waals surface area (Å²) in [5.74, 6) is -0.175. The van der Waals surface area contributed by atoms with Gasteiger partial charge in [0, 0.05) is 17.9 Å². The summed E-state index contributed by atoms with van der Waals surface area (Å²) in [6.45, 7) is 0.370. The molecule has 1 aromatic rings. The number of carbonyl (C=O) groups is 1. The molecule has 1 saturated heterocycles. The van der Waals surface area contributed by atoms with E-state index in [4.69, 9.17) is 0 Å². The van der Waals surface area contributed by atoms with Crippen molar-refractivity contribution < 1.29 is 13.2 Å². The molecular weight excluding hydrogens is 286 g/mol. The summed E-state index contributed by atoms with van der Waals surface area (Å²) < 4.78 is 25.1. The van der Waals surface area contributed by atoms with Crippen LogP contribution in [-0.4, -0.2) is 30.9 Å². The minimum atomic E-state index is -3.34. The van der Waals surface area contributed by atoms with Crippen LogP contribution in [0.4, 0.5) is 0 Å². The highest BCUT2D eigenvalue weighted by atomic mass is 32.2. The van der Waals surface area contributed by atoms with Crippen molar-refractivity contribution in [1.82, 2.24) is 4.31 Å². The molecule has 0 aromatic heterocycles. The molecule has 1 heterocycles. The fourth-order valence-corrected chi connectivity index (χ4v) is 5.74. The topological polar surface area (TPSA) is 54.5 Å². The molecule has 1 amide bonds.